The van der Waals surface area contributed by atoms with Crippen molar-refractivity contribution >= 4 is 5.97 Å². The molecule has 4 heteroatoms. The molecule has 0 aliphatic heterocycles. The van der Waals surface area contributed by atoms with Gasteiger partial charge in [-0.1, -0.05) is 12.1 Å². The average molecular weight is 238 g/mol. The molecule has 4 nitrogen and oxygen atoms in total. The molecule has 0 heterocycles. The molecular formula is C13H18O4. The van der Waals surface area contributed by atoms with Crippen LogP contribution in [0.25, 0.3) is 0 Å². The largest absolute Gasteiger partial charge is 0.490 e. The van der Waals surface area contributed by atoms with Crippen molar-refractivity contribution < 1.29 is 19.0 Å². The molecule has 1 aromatic rings. The first-order valence-electron chi connectivity index (χ1n) is 5.74. The number of para-hydroxylation sites is 2. The fraction of sp³-hybridized carbons (Fsp3) is 0.462. The van der Waals surface area contributed by atoms with Gasteiger partial charge in [-0.3, -0.25) is 0 Å². The highest BCUT2D eigenvalue weighted by molar-refractivity contribution is 5.74. The first-order chi connectivity index (χ1) is 8.19. The Labute approximate surface area is 101 Å². The van der Waals surface area contributed by atoms with Crippen LogP contribution in [0.4, 0.5) is 0 Å². The van der Waals surface area contributed by atoms with E-state index < -0.39 is 6.10 Å². The Hall–Kier alpha value is -1.71. The van der Waals surface area contributed by atoms with E-state index in [1.54, 1.807) is 26.0 Å². The number of hydrogen-bond donors (Lipinski definition) is 0. The van der Waals surface area contributed by atoms with Gasteiger partial charge in [0.25, 0.3) is 0 Å². The van der Waals surface area contributed by atoms with Gasteiger partial charge in [-0.25, -0.2) is 4.79 Å². The van der Waals surface area contributed by atoms with Crippen LogP contribution in [0.1, 0.15) is 20.8 Å². The summed E-state index contributed by atoms with van der Waals surface area (Å²) in [6, 6.07) is 7.25. The molecule has 0 fully saturated rings. The second-order valence-electron chi connectivity index (χ2n) is 3.39. The molecule has 1 unspecified atom stereocenters. The smallest absolute Gasteiger partial charge is 0.347 e. The van der Waals surface area contributed by atoms with Crippen molar-refractivity contribution in [3.8, 4) is 11.5 Å². The summed E-state index contributed by atoms with van der Waals surface area (Å²) in [5.41, 5.74) is 0. The third kappa shape index (κ3) is 3.98. The number of hydrogen-bond acceptors (Lipinski definition) is 4. The van der Waals surface area contributed by atoms with E-state index in [0.29, 0.717) is 24.7 Å². The van der Waals surface area contributed by atoms with Crippen LogP contribution in [-0.2, 0) is 9.53 Å². The van der Waals surface area contributed by atoms with Crippen molar-refractivity contribution in [1.82, 2.24) is 0 Å². The summed E-state index contributed by atoms with van der Waals surface area (Å²) in [7, 11) is 0. The quantitative estimate of drug-likeness (QED) is 0.714. The molecule has 0 N–H and O–H groups in total. The van der Waals surface area contributed by atoms with E-state index in [9.17, 15) is 4.79 Å². The van der Waals surface area contributed by atoms with E-state index in [1.165, 1.54) is 0 Å². The van der Waals surface area contributed by atoms with Crippen LogP contribution in [0.3, 0.4) is 0 Å². The van der Waals surface area contributed by atoms with Crippen LogP contribution < -0.4 is 9.47 Å². The standard InChI is InChI=1S/C13H18O4/c1-4-15-11-8-6-7-9-12(11)17-10(3)13(14)16-5-2/h6-10H,4-5H2,1-3H3. The van der Waals surface area contributed by atoms with Gasteiger partial charge in [0.1, 0.15) is 0 Å². The van der Waals surface area contributed by atoms with E-state index in [-0.39, 0.29) is 5.97 Å². The topological polar surface area (TPSA) is 44.8 Å². The van der Waals surface area contributed by atoms with Gasteiger partial charge in [-0.15, -0.1) is 0 Å². The lowest BCUT2D eigenvalue weighted by molar-refractivity contribution is -0.150. The summed E-state index contributed by atoms with van der Waals surface area (Å²) in [4.78, 5) is 11.4. The van der Waals surface area contributed by atoms with Gasteiger partial charge >= 0.3 is 5.97 Å². The maximum absolute atomic E-state index is 11.4. The zero-order valence-corrected chi connectivity index (χ0v) is 10.4. The van der Waals surface area contributed by atoms with Crippen LogP contribution >= 0.6 is 0 Å². The normalized spacial score (nSPS) is 11.7. The molecule has 0 saturated carbocycles. The summed E-state index contributed by atoms with van der Waals surface area (Å²) in [6.07, 6.45) is -0.642. The molecule has 0 aromatic heterocycles. The first-order valence-corrected chi connectivity index (χ1v) is 5.74. The van der Waals surface area contributed by atoms with Gasteiger partial charge in [0.15, 0.2) is 17.6 Å². The van der Waals surface area contributed by atoms with Gasteiger partial charge in [-0.05, 0) is 32.9 Å². The van der Waals surface area contributed by atoms with Crippen LogP contribution in [0.2, 0.25) is 0 Å². The maximum atomic E-state index is 11.4. The SMILES string of the molecule is CCOC(=O)C(C)Oc1ccccc1OCC. The average Bonchev–Trinajstić information content (AvgIpc) is 2.32. The third-order valence-electron chi connectivity index (χ3n) is 2.07. The monoisotopic (exact) mass is 238 g/mol. The first kappa shape index (κ1) is 13.4. The van der Waals surface area contributed by atoms with Crippen molar-refractivity contribution in [3.63, 3.8) is 0 Å². The molecule has 1 aromatic carbocycles. The number of esters is 1. The molecule has 0 aliphatic rings. The lowest BCUT2D eigenvalue weighted by Crippen LogP contribution is -2.26. The molecule has 94 valence electrons. The van der Waals surface area contributed by atoms with Crippen LogP contribution in [-0.4, -0.2) is 25.3 Å². The predicted molar refractivity (Wildman–Crippen MR) is 64.3 cm³/mol. The van der Waals surface area contributed by atoms with E-state index in [4.69, 9.17) is 14.2 Å². The molecule has 0 bridgehead atoms. The fourth-order valence-corrected chi connectivity index (χ4v) is 1.32. The molecule has 0 radical (unpaired) electrons. The Morgan fingerprint density at radius 3 is 2.41 bits per heavy atom. The summed E-state index contributed by atoms with van der Waals surface area (Å²) >= 11 is 0. The minimum absolute atomic E-state index is 0.347. The summed E-state index contributed by atoms with van der Waals surface area (Å²) in [6.45, 7) is 6.21. The third-order valence-corrected chi connectivity index (χ3v) is 2.07. The number of carbonyl (C=O) groups excluding carboxylic acids is 1. The highest BCUT2D eigenvalue weighted by Crippen LogP contribution is 2.27. The minimum atomic E-state index is -0.642. The summed E-state index contributed by atoms with van der Waals surface area (Å²) in [5, 5.41) is 0. The molecule has 1 rings (SSSR count). The fourth-order valence-electron chi connectivity index (χ4n) is 1.32. The molecule has 0 saturated heterocycles. The Morgan fingerprint density at radius 2 is 1.82 bits per heavy atom. The Morgan fingerprint density at radius 1 is 1.18 bits per heavy atom. The van der Waals surface area contributed by atoms with Gasteiger partial charge < -0.3 is 14.2 Å². The van der Waals surface area contributed by atoms with Gasteiger partial charge in [0.2, 0.25) is 0 Å². The molecule has 1 atom stereocenters. The summed E-state index contributed by atoms with van der Waals surface area (Å²) < 4.78 is 15.8. The Kier molecular flexibility index (Phi) is 5.33. The van der Waals surface area contributed by atoms with Gasteiger partial charge in [-0.2, -0.15) is 0 Å². The van der Waals surface area contributed by atoms with Crippen LogP contribution in [0.5, 0.6) is 11.5 Å². The van der Waals surface area contributed by atoms with Crippen molar-refractivity contribution in [2.45, 2.75) is 26.9 Å². The van der Waals surface area contributed by atoms with Crippen molar-refractivity contribution in [2.75, 3.05) is 13.2 Å². The molecule has 0 spiro atoms. The van der Waals surface area contributed by atoms with Crippen molar-refractivity contribution in [3.05, 3.63) is 24.3 Å². The summed E-state index contributed by atoms with van der Waals surface area (Å²) in [5.74, 6) is 0.805. The van der Waals surface area contributed by atoms with Gasteiger partial charge in [0.05, 0.1) is 13.2 Å². The van der Waals surface area contributed by atoms with Crippen LogP contribution in [0, 0.1) is 0 Å². The molecular weight excluding hydrogens is 220 g/mol. The zero-order chi connectivity index (χ0) is 12.7. The number of carbonyl (C=O) groups is 1. The second-order valence-corrected chi connectivity index (χ2v) is 3.39. The highest BCUT2D eigenvalue weighted by Gasteiger charge is 2.17. The van der Waals surface area contributed by atoms with Crippen molar-refractivity contribution in [1.29, 1.82) is 0 Å². The number of ether oxygens (including phenoxy) is 3. The van der Waals surface area contributed by atoms with Crippen molar-refractivity contribution in [2.24, 2.45) is 0 Å². The lowest BCUT2D eigenvalue weighted by atomic mass is 10.3. The Bertz CT molecular complexity index is 362. The number of rotatable bonds is 6. The second kappa shape index (κ2) is 6.78. The van der Waals surface area contributed by atoms with E-state index >= 15 is 0 Å². The molecule has 17 heavy (non-hydrogen) atoms. The van der Waals surface area contributed by atoms with E-state index in [0.717, 1.165) is 0 Å². The van der Waals surface area contributed by atoms with E-state index in [2.05, 4.69) is 0 Å². The minimum Gasteiger partial charge on any atom is -0.490 e. The lowest BCUT2D eigenvalue weighted by Gasteiger charge is -2.16. The number of benzene rings is 1. The highest BCUT2D eigenvalue weighted by atomic mass is 16.6. The Balaban J connectivity index is 2.70. The molecule has 0 aliphatic carbocycles. The van der Waals surface area contributed by atoms with Gasteiger partial charge in [0, 0.05) is 0 Å². The van der Waals surface area contributed by atoms with E-state index in [1.807, 2.05) is 19.1 Å². The maximum Gasteiger partial charge on any atom is 0.347 e. The molecule has 0 amide bonds. The van der Waals surface area contributed by atoms with Crippen LogP contribution in [0.15, 0.2) is 24.3 Å². The zero-order valence-electron chi connectivity index (χ0n) is 10.4. The predicted octanol–water partition coefficient (Wildman–Crippen LogP) is 2.42.